The monoisotopic (exact) mass is 420 g/mol. The van der Waals surface area contributed by atoms with Crippen LogP contribution in [0.2, 0.25) is 0 Å². The second kappa shape index (κ2) is 9.79. The third-order valence-electron chi connectivity index (χ3n) is 2.16. The molecule has 0 amide bonds. The quantitative estimate of drug-likeness (QED) is 0.285. The summed E-state index contributed by atoms with van der Waals surface area (Å²) < 4.78 is 71.2. The van der Waals surface area contributed by atoms with Gasteiger partial charge in [-0.25, -0.2) is 0 Å². The molecule has 0 bridgehead atoms. The fourth-order valence-electron chi connectivity index (χ4n) is 1.17. The molecular weight excluding hydrogens is 409 g/mol. The maximum absolute atomic E-state index is 12.8. The third kappa shape index (κ3) is 8.43. The van der Waals surface area contributed by atoms with Gasteiger partial charge in [0.1, 0.15) is 5.75 Å². The molecule has 0 spiro atoms. The van der Waals surface area contributed by atoms with Crippen LogP contribution in [0.5, 0.6) is 5.75 Å². The van der Waals surface area contributed by atoms with Crippen molar-refractivity contribution in [3.05, 3.63) is 24.3 Å². The minimum absolute atomic E-state index is 0. The second-order valence-corrected chi connectivity index (χ2v) is 7.64. The third-order valence-corrected chi connectivity index (χ3v) is 4.82. The summed E-state index contributed by atoms with van der Waals surface area (Å²) in [4.78, 5) is 11.7. The first-order valence-electron chi connectivity index (χ1n) is 5.79. The number of benzene rings is 1. The normalized spacial score (nSPS) is 14.7. The van der Waals surface area contributed by atoms with Crippen molar-refractivity contribution < 1.29 is 87.3 Å². The van der Waals surface area contributed by atoms with E-state index in [0.29, 0.717) is 11.8 Å². The van der Waals surface area contributed by atoms with Gasteiger partial charge < -0.3 is 13.9 Å². The molecule has 0 aliphatic rings. The number of hydrogen-bond acceptors (Lipinski definition) is 5. The van der Waals surface area contributed by atoms with Gasteiger partial charge in [0.05, 0.1) is 12.4 Å². The predicted octanol–water partition coefficient (Wildman–Crippen LogP) is 0.980. The average molecular weight is 420 g/mol. The molecule has 126 valence electrons. The summed E-state index contributed by atoms with van der Waals surface area (Å²) in [6, 6.07) is 5.03. The Labute approximate surface area is 182 Å². The van der Waals surface area contributed by atoms with Crippen molar-refractivity contribution >= 4 is 30.3 Å². The first-order valence-corrected chi connectivity index (χ1v) is 9.33. The van der Waals surface area contributed by atoms with Crippen molar-refractivity contribution in [2.75, 3.05) is 12.4 Å². The van der Waals surface area contributed by atoms with Gasteiger partial charge in [-0.3, -0.25) is 0 Å². The molecule has 0 radical (unpaired) electrons. The summed E-state index contributed by atoms with van der Waals surface area (Å²) in [7, 11) is 0. The zero-order valence-electron chi connectivity index (χ0n) is 12.1. The van der Waals surface area contributed by atoms with Crippen LogP contribution in [-0.2, 0) is 16.3 Å². The molecule has 3 nitrogen and oxygen atoms in total. The van der Waals surface area contributed by atoms with Gasteiger partial charge in [-0.2, -0.15) is 22.0 Å². The van der Waals surface area contributed by atoms with Crippen LogP contribution in [0.25, 0.3) is 0 Å². The van der Waals surface area contributed by atoms with E-state index in [1.54, 1.807) is 6.92 Å². The molecule has 12 heteroatoms. The summed E-state index contributed by atoms with van der Waals surface area (Å²) >= 11 is 4.92. The molecule has 0 fully saturated rings. The van der Waals surface area contributed by atoms with Crippen LogP contribution in [-0.4, -0.2) is 24.5 Å². The number of rotatable bonds is 7. The fourth-order valence-corrected chi connectivity index (χ4v) is 3.33. The van der Waals surface area contributed by atoms with Gasteiger partial charge in [-0.15, -0.1) is 11.8 Å². The minimum atomic E-state index is -5.59. The van der Waals surface area contributed by atoms with Gasteiger partial charge in [-0.1, -0.05) is 0 Å². The van der Waals surface area contributed by atoms with E-state index in [4.69, 9.17) is 9.05 Å². The van der Waals surface area contributed by atoms with Gasteiger partial charge >= 0.3 is 63.5 Å². The predicted molar refractivity (Wildman–Crippen MR) is 74.7 cm³/mol. The van der Waals surface area contributed by atoms with Crippen LogP contribution in [0.15, 0.2) is 29.2 Å². The summed E-state index contributed by atoms with van der Waals surface area (Å²) in [5, 5.41) is 0. The van der Waals surface area contributed by atoms with E-state index in [2.05, 4.69) is 11.8 Å². The smallest absolute Gasteiger partial charge is 0.770 e. The van der Waals surface area contributed by atoms with Crippen LogP contribution >= 0.6 is 18.5 Å². The number of thioether (sulfide) groups is 1. The summed E-state index contributed by atoms with van der Waals surface area (Å²) in [5.41, 5.74) is 0. The van der Waals surface area contributed by atoms with Gasteiger partial charge in [0, 0.05) is 4.90 Å². The van der Waals surface area contributed by atoms with Crippen molar-refractivity contribution in [2.45, 2.75) is 23.9 Å². The fraction of sp³-hybridized carbons (Fsp3) is 0.455. The van der Waals surface area contributed by atoms with Crippen molar-refractivity contribution in [3.63, 3.8) is 0 Å². The van der Waals surface area contributed by atoms with Crippen LogP contribution in [0.1, 0.15) is 6.92 Å². The van der Waals surface area contributed by atoms with Crippen molar-refractivity contribution in [1.82, 2.24) is 0 Å². The molecule has 0 saturated heterocycles. The Morgan fingerprint density at radius 1 is 1.17 bits per heavy atom. The molecule has 1 aromatic carbocycles. The van der Waals surface area contributed by atoms with Gasteiger partial charge in [-0.05, 0) is 43.0 Å². The minimum Gasteiger partial charge on any atom is -0.770 e. The Morgan fingerprint density at radius 3 is 2.13 bits per heavy atom. The summed E-state index contributed by atoms with van der Waals surface area (Å²) in [6.45, 7) is -2.03. The summed E-state index contributed by atoms with van der Waals surface area (Å²) in [6.07, 6.45) is -5.59. The number of alkyl halides is 5. The largest absolute Gasteiger partial charge is 1.00 e. The first kappa shape index (κ1) is 24.2. The van der Waals surface area contributed by atoms with Crippen molar-refractivity contribution in [2.24, 2.45) is 0 Å². The van der Waals surface area contributed by atoms with Crippen LogP contribution < -0.4 is 60.8 Å². The zero-order valence-corrected chi connectivity index (χ0v) is 17.8. The molecular formula is C11H11F5KO3PS2. The molecule has 0 saturated carbocycles. The molecule has 0 aliphatic carbocycles. The van der Waals surface area contributed by atoms with Crippen molar-refractivity contribution in [1.29, 1.82) is 0 Å². The number of hydrogen-bond donors (Lipinski definition) is 0. The number of halogens is 5. The maximum Gasteiger partial charge on any atom is 1.00 e. The second-order valence-electron chi connectivity index (χ2n) is 3.92. The van der Waals surface area contributed by atoms with Crippen LogP contribution in [0.4, 0.5) is 22.0 Å². The van der Waals surface area contributed by atoms with Crippen molar-refractivity contribution in [3.8, 4) is 5.75 Å². The molecule has 1 unspecified atom stereocenters. The van der Waals surface area contributed by atoms with Gasteiger partial charge in [0.15, 0.2) is 6.72 Å². The molecule has 23 heavy (non-hydrogen) atoms. The Kier molecular flexibility index (Phi) is 10.3. The Hall–Kier alpha value is 1.23. The van der Waals surface area contributed by atoms with E-state index in [0.717, 1.165) is 0 Å². The first-order chi connectivity index (χ1) is 9.97. The van der Waals surface area contributed by atoms with E-state index >= 15 is 0 Å². The molecule has 1 aromatic rings. The molecule has 1 atom stereocenters. The maximum atomic E-state index is 12.8. The Balaban J connectivity index is 0.00000484. The standard InChI is InChI=1S/C11H12F5O3PS2.K/c1-2-18-20(17,21)19-8-3-5-9(6-4-8)22-7-10(12,13)11(14,15)16;/h3-6H,2,7H2,1H3,(H,17,21);/q;+1/p-1. The van der Waals surface area contributed by atoms with Gasteiger partial charge in [0.2, 0.25) is 0 Å². The van der Waals surface area contributed by atoms with Gasteiger partial charge in [0.25, 0.3) is 0 Å². The van der Waals surface area contributed by atoms with Crippen LogP contribution in [0, 0.1) is 0 Å². The molecule has 0 aliphatic heterocycles. The molecule has 0 N–H and O–H groups in total. The molecule has 1 rings (SSSR count). The van der Waals surface area contributed by atoms with E-state index in [1.165, 1.54) is 24.3 Å². The zero-order chi connectivity index (χ0) is 17.0. The SMILES string of the molecule is CCOP([O-])(=S)Oc1ccc(SCC(F)(F)C(F)(F)F)cc1.[K+]. The Bertz CT molecular complexity index is 541. The summed E-state index contributed by atoms with van der Waals surface area (Å²) in [5.74, 6) is -6.15. The van der Waals surface area contributed by atoms with E-state index in [9.17, 15) is 26.8 Å². The molecule has 0 aromatic heterocycles. The van der Waals surface area contributed by atoms with E-state index in [1.807, 2.05) is 0 Å². The van der Waals surface area contributed by atoms with Crippen LogP contribution in [0.3, 0.4) is 0 Å². The van der Waals surface area contributed by atoms with E-state index in [-0.39, 0.29) is 68.6 Å². The average Bonchev–Trinajstić information content (AvgIpc) is 2.36. The molecule has 0 heterocycles. The van der Waals surface area contributed by atoms with E-state index < -0.39 is 24.6 Å². The topological polar surface area (TPSA) is 41.5 Å². The Morgan fingerprint density at radius 2 is 1.70 bits per heavy atom.